The van der Waals surface area contributed by atoms with E-state index in [1.54, 1.807) is 18.4 Å². The normalized spacial score (nSPS) is 10.2. The third-order valence-electron chi connectivity index (χ3n) is 1.98. The summed E-state index contributed by atoms with van der Waals surface area (Å²) in [5.41, 5.74) is 0.316. The highest BCUT2D eigenvalue weighted by Crippen LogP contribution is 2.25. The first-order valence-electron chi connectivity index (χ1n) is 5.16. The first kappa shape index (κ1) is 13.9. The van der Waals surface area contributed by atoms with E-state index in [9.17, 15) is 9.59 Å². The summed E-state index contributed by atoms with van der Waals surface area (Å²) in [6.07, 6.45) is 0. The van der Waals surface area contributed by atoms with Gasteiger partial charge in [0.1, 0.15) is 5.00 Å². The number of nitrogens with one attached hydrogen (secondary N) is 1. The maximum absolute atomic E-state index is 11.9. The van der Waals surface area contributed by atoms with Gasteiger partial charge in [-0.1, -0.05) is 11.3 Å². The lowest BCUT2D eigenvalue weighted by Gasteiger charge is -2.04. The van der Waals surface area contributed by atoms with Gasteiger partial charge in [0, 0.05) is 0 Å². The quantitative estimate of drug-likeness (QED) is 0.877. The Labute approximate surface area is 121 Å². The van der Waals surface area contributed by atoms with Crippen LogP contribution in [0.25, 0.3) is 0 Å². The highest BCUT2D eigenvalue weighted by molar-refractivity contribution is 7.17. The molecule has 19 heavy (non-hydrogen) atoms. The molecule has 0 saturated carbocycles. The van der Waals surface area contributed by atoms with Gasteiger partial charge < -0.3 is 10.1 Å². The number of esters is 1. The number of thiophene rings is 1. The van der Waals surface area contributed by atoms with Crippen molar-refractivity contribution in [3.8, 4) is 0 Å². The molecule has 6 nitrogen and oxygen atoms in total. The van der Waals surface area contributed by atoms with E-state index in [-0.39, 0.29) is 16.1 Å². The maximum atomic E-state index is 11.9. The molecule has 2 aromatic heterocycles. The number of hydrogen-bond acceptors (Lipinski definition) is 7. The number of aromatic nitrogens is 2. The first-order chi connectivity index (χ1) is 9.11. The molecule has 0 atom stereocenters. The summed E-state index contributed by atoms with van der Waals surface area (Å²) in [6.45, 7) is 1.99. The minimum Gasteiger partial charge on any atom is -0.462 e. The van der Waals surface area contributed by atoms with Crippen molar-refractivity contribution in [2.75, 3.05) is 11.9 Å². The molecule has 2 heterocycles. The van der Waals surface area contributed by atoms with Crippen molar-refractivity contribution in [1.82, 2.24) is 10.2 Å². The average molecular weight is 318 g/mol. The fourth-order valence-electron chi connectivity index (χ4n) is 1.23. The summed E-state index contributed by atoms with van der Waals surface area (Å²) in [5.74, 6) is -0.938. The predicted molar refractivity (Wildman–Crippen MR) is 73.1 cm³/mol. The fourth-order valence-corrected chi connectivity index (χ4v) is 2.72. The molecule has 0 aliphatic carbocycles. The fraction of sp³-hybridized carbons (Fsp3) is 0.200. The molecule has 1 amide bonds. The Balaban J connectivity index is 2.13. The van der Waals surface area contributed by atoms with Gasteiger partial charge in [0.15, 0.2) is 0 Å². The van der Waals surface area contributed by atoms with Crippen LogP contribution in [0.15, 0.2) is 11.4 Å². The molecule has 0 radical (unpaired) electrons. The molecule has 2 aromatic rings. The van der Waals surface area contributed by atoms with E-state index >= 15 is 0 Å². The zero-order chi connectivity index (χ0) is 13.8. The molecule has 100 valence electrons. The number of ether oxygens (including phenoxy) is 1. The molecule has 0 unspecified atom stereocenters. The van der Waals surface area contributed by atoms with Crippen molar-refractivity contribution in [1.29, 1.82) is 0 Å². The SMILES string of the molecule is CCOC(=O)c1ccsc1NC(=O)c1nnc(Cl)s1. The van der Waals surface area contributed by atoms with E-state index in [0.717, 1.165) is 11.3 Å². The van der Waals surface area contributed by atoms with E-state index in [1.165, 1.54) is 11.3 Å². The molecule has 1 N–H and O–H groups in total. The second-order valence-electron chi connectivity index (χ2n) is 3.20. The van der Waals surface area contributed by atoms with Crippen LogP contribution in [-0.2, 0) is 4.74 Å². The van der Waals surface area contributed by atoms with Crippen LogP contribution in [-0.4, -0.2) is 28.7 Å². The average Bonchev–Trinajstić information content (AvgIpc) is 2.98. The molecule has 0 saturated heterocycles. The first-order valence-corrected chi connectivity index (χ1v) is 7.24. The van der Waals surface area contributed by atoms with Crippen molar-refractivity contribution in [3.63, 3.8) is 0 Å². The molecule has 0 aliphatic rings. The molecule has 0 fully saturated rings. The van der Waals surface area contributed by atoms with Gasteiger partial charge in [-0.2, -0.15) is 0 Å². The van der Waals surface area contributed by atoms with Crippen LogP contribution >= 0.6 is 34.3 Å². The van der Waals surface area contributed by atoms with Crippen LogP contribution < -0.4 is 5.32 Å². The van der Waals surface area contributed by atoms with Gasteiger partial charge in [0.25, 0.3) is 5.91 Å². The molecule has 0 aromatic carbocycles. The second kappa shape index (κ2) is 6.09. The number of hydrogen-bond donors (Lipinski definition) is 1. The van der Waals surface area contributed by atoms with Crippen LogP contribution in [0.2, 0.25) is 4.47 Å². The van der Waals surface area contributed by atoms with Gasteiger partial charge in [-0.3, -0.25) is 4.79 Å². The largest absolute Gasteiger partial charge is 0.462 e. The van der Waals surface area contributed by atoms with Crippen LogP contribution in [0, 0.1) is 0 Å². The molecule has 9 heteroatoms. The number of rotatable bonds is 4. The van der Waals surface area contributed by atoms with Crippen molar-refractivity contribution in [2.45, 2.75) is 6.92 Å². The van der Waals surface area contributed by atoms with Gasteiger partial charge in [-0.25, -0.2) is 4.79 Å². The highest BCUT2D eigenvalue weighted by Gasteiger charge is 2.18. The van der Waals surface area contributed by atoms with E-state index < -0.39 is 11.9 Å². The zero-order valence-corrected chi connectivity index (χ0v) is 12.1. The van der Waals surface area contributed by atoms with Crippen molar-refractivity contribution < 1.29 is 14.3 Å². The smallest absolute Gasteiger partial charge is 0.341 e. The summed E-state index contributed by atoms with van der Waals surface area (Å²) >= 11 is 7.79. The van der Waals surface area contributed by atoms with Gasteiger partial charge in [0.2, 0.25) is 9.47 Å². The molecular formula is C10H8ClN3O3S2. The van der Waals surface area contributed by atoms with Crippen molar-refractivity contribution in [3.05, 3.63) is 26.5 Å². The topological polar surface area (TPSA) is 81.2 Å². The number of amides is 1. The molecule has 2 rings (SSSR count). The Morgan fingerprint density at radius 1 is 1.47 bits per heavy atom. The number of anilines is 1. The monoisotopic (exact) mass is 317 g/mol. The van der Waals surface area contributed by atoms with Crippen LogP contribution in [0.3, 0.4) is 0 Å². The van der Waals surface area contributed by atoms with Gasteiger partial charge in [-0.05, 0) is 30.0 Å². The lowest BCUT2D eigenvalue weighted by Crippen LogP contribution is -2.14. The second-order valence-corrected chi connectivity index (χ2v) is 5.67. The molecular weight excluding hydrogens is 310 g/mol. The van der Waals surface area contributed by atoms with E-state index in [0.29, 0.717) is 10.6 Å². The summed E-state index contributed by atoms with van der Waals surface area (Å²) in [5, 5.41) is 12.0. The summed E-state index contributed by atoms with van der Waals surface area (Å²) in [4.78, 5) is 23.5. The number of halogens is 1. The molecule has 0 bridgehead atoms. The van der Waals surface area contributed by atoms with E-state index in [1.807, 2.05) is 0 Å². The van der Waals surface area contributed by atoms with Gasteiger partial charge in [0.05, 0.1) is 12.2 Å². The predicted octanol–water partition coefficient (Wildman–Crippen LogP) is 2.68. The summed E-state index contributed by atoms with van der Waals surface area (Å²) in [7, 11) is 0. The van der Waals surface area contributed by atoms with E-state index in [2.05, 4.69) is 15.5 Å². The lowest BCUT2D eigenvalue weighted by atomic mass is 10.3. The van der Waals surface area contributed by atoms with Gasteiger partial charge in [-0.15, -0.1) is 21.5 Å². The molecule has 0 spiro atoms. The third-order valence-corrected chi connectivity index (χ3v) is 3.83. The standard InChI is InChI=1S/C10H8ClN3O3S2/c1-2-17-9(16)5-3-4-18-7(5)12-6(15)8-13-14-10(11)19-8/h3-4H,2H2,1H3,(H,12,15). The minimum absolute atomic E-state index is 0.133. The Morgan fingerprint density at radius 2 is 2.26 bits per heavy atom. The summed E-state index contributed by atoms with van der Waals surface area (Å²) < 4.78 is 5.07. The molecule has 0 aliphatic heterocycles. The highest BCUT2D eigenvalue weighted by atomic mass is 35.5. The lowest BCUT2D eigenvalue weighted by molar-refractivity contribution is 0.0528. The number of nitrogens with zero attached hydrogens (tertiary/aromatic N) is 2. The van der Waals surface area contributed by atoms with Crippen molar-refractivity contribution >= 4 is 51.2 Å². The Morgan fingerprint density at radius 3 is 2.89 bits per heavy atom. The number of carbonyl (C=O) groups excluding carboxylic acids is 2. The van der Waals surface area contributed by atoms with Crippen LogP contribution in [0.4, 0.5) is 5.00 Å². The summed E-state index contributed by atoms with van der Waals surface area (Å²) in [6, 6.07) is 1.59. The maximum Gasteiger partial charge on any atom is 0.341 e. The van der Waals surface area contributed by atoms with Crippen LogP contribution in [0.1, 0.15) is 27.1 Å². The van der Waals surface area contributed by atoms with Crippen LogP contribution in [0.5, 0.6) is 0 Å². The Hall–Kier alpha value is -1.51. The zero-order valence-electron chi connectivity index (χ0n) is 9.68. The van der Waals surface area contributed by atoms with Gasteiger partial charge >= 0.3 is 5.97 Å². The Bertz CT molecular complexity index is 611. The third kappa shape index (κ3) is 3.28. The van der Waals surface area contributed by atoms with E-state index in [4.69, 9.17) is 16.3 Å². The minimum atomic E-state index is -0.477. The number of carbonyl (C=O) groups is 2. The van der Waals surface area contributed by atoms with Crippen molar-refractivity contribution in [2.24, 2.45) is 0 Å². The Kier molecular flexibility index (Phi) is 4.46.